The molecule has 6 heteroatoms. The number of ketones is 1. The van der Waals surface area contributed by atoms with Crippen molar-refractivity contribution >= 4 is 33.4 Å². The van der Waals surface area contributed by atoms with Crippen LogP contribution in [0, 0.1) is 5.92 Å². The predicted octanol–water partition coefficient (Wildman–Crippen LogP) is 5.60. The standard InChI is InChI=1S/C27H28BrNO4/c1-3-32-13-14-33-27(31)24-17(2)29-22-15-20(18-7-5-4-6-8-18)16-23(30)26(22)25(24)19-9-11-21(28)12-10-19/h4-12,20,24-25H,3,13-16H2,1-2H3/t20-,24?,25-/m0/s1. The van der Waals surface area contributed by atoms with E-state index in [0.717, 1.165) is 21.3 Å². The summed E-state index contributed by atoms with van der Waals surface area (Å²) in [6, 6.07) is 17.9. The van der Waals surface area contributed by atoms with Gasteiger partial charge in [0, 0.05) is 40.4 Å². The minimum absolute atomic E-state index is 0.0568. The summed E-state index contributed by atoms with van der Waals surface area (Å²) in [4.78, 5) is 31.5. The molecular formula is C27H28BrNO4. The fourth-order valence-corrected chi connectivity index (χ4v) is 5.06. The number of rotatable bonds is 7. The van der Waals surface area contributed by atoms with Gasteiger partial charge in [-0.2, -0.15) is 0 Å². The minimum atomic E-state index is -0.635. The topological polar surface area (TPSA) is 65.0 Å². The molecule has 2 aromatic carbocycles. The van der Waals surface area contributed by atoms with Crippen molar-refractivity contribution in [3.05, 3.63) is 81.5 Å². The van der Waals surface area contributed by atoms with Crippen molar-refractivity contribution in [2.75, 3.05) is 19.8 Å². The maximum atomic E-state index is 13.5. The molecule has 0 saturated heterocycles. The van der Waals surface area contributed by atoms with E-state index < -0.39 is 11.8 Å². The number of hydrogen-bond acceptors (Lipinski definition) is 5. The molecule has 1 aliphatic carbocycles. The number of carbonyl (C=O) groups excluding carboxylic acids is 2. The summed E-state index contributed by atoms with van der Waals surface area (Å²) in [7, 11) is 0. The summed E-state index contributed by atoms with van der Waals surface area (Å²) in [6.07, 6.45) is 1.10. The first kappa shape index (κ1) is 23.6. The van der Waals surface area contributed by atoms with Crippen LogP contribution in [0.5, 0.6) is 0 Å². The molecule has 0 bridgehead atoms. The minimum Gasteiger partial charge on any atom is -0.463 e. The quantitative estimate of drug-likeness (QED) is 0.359. The second kappa shape index (κ2) is 10.6. The van der Waals surface area contributed by atoms with Crippen molar-refractivity contribution < 1.29 is 19.1 Å². The molecule has 0 fully saturated rings. The Labute approximate surface area is 203 Å². The Balaban J connectivity index is 1.70. The summed E-state index contributed by atoms with van der Waals surface area (Å²) in [5.74, 6) is -1.26. The van der Waals surface area contributed by atoms with Crippen LogP contribution < -0.4 is 0 Å². The summed E-state index contributed by atoms with van der Waals surface area (Å²) in [5.41, 5.74) is 4.19. The molecule has 33 heavy (non-hydrogen) atoms. The van der Waals surface area contributed by atoms with E-state index in [1.807, 2.05) is 56.3 Å². The lowest BCUT2D eigenvalue weighted by Gasteiger charge is -2.36. The number of carbonyl (C=O) groups is 2. The average Bonchev–Trinajstić information content (AvgIpc) is 2.82. The second-order valence-electron chi connectivity index (χ2n) is 8.42. The Morgan fingerprint density at radius 2 is 1.76 bits per heavy atom. The van der Waals surface area contributed by atoms with Crippen molar-refractivity contribution in [2.45, 2.75) is 38.5 Å². The molecule has 2 aromatic rings. The number of nitrogens with zero attached hydrogens (tertiary/aromatic N) is 1. The van der Waals surface area contributed by atoms with Crippen molar-refractivity contribution in [3.63, 3.8) is 0 Å². The molecular weight excluding hydrogens is 482 g/mol. The molecule has 0 saturated carbocycles. The van der Waals surface area contributed by atoms with Gasteiger partial charge in [-0.15, -0.1) is 0 Å². The van der Waals surface area contributed by atoms with Crippen LogP contribution in [0.1, 0.15) is 49.7 Å². The van der Waals surface area contributed by atoms with E-state index in [2.05, 4.69) is 28.1 Å². The highest BCUT2D eigenvalue weighted by Gasteiger charge is 2.44. The molecule has 0 aromatic heterocycles. The Bertz CT molecular complexity index is 1080. The van der Waals surface area contributed by atoms with Gasteiger partial charge in [-0.25, -0.2) is 0 Å². The molecule has 1 heterocycles. The van der Waals surface area contributed by atoms with Crippen LogP contribution >= 0.6 is 15.9 Å². The maximum Gasteiger partial charge on any atom is 0.315 e. The van der Waals surface area contributed by atoms with E-state index in [1.165, 1.54) is 0 Å². The van der Waals surface area contributed by atoms with Gasteiger partial charge >= 0.3 is 5.97 Å². The molecule has 5 nitrogen and oxygen atoms in total. The van der Waals surface area contributed by atoms with Gasteiger partial charge in [0.15, 0.2) is 5.78 Å². The summed E-state index contributed by atoms with van der Waals surface area (Å²) >= 11 is 3.48. The van der Waals surface area contributed by atoms with Gasteiger partial charge in [-0.3, -0.25) is 14.6 Å². The Morgan fingerprint density at radius 3 is 2.45 bits per heavy atom. The number of aliphatic imine (C=N–C) groups is 1. The Kier molecular flexibility index (Phi) is 7.56. The number of benzene rings is 2. The summed E-state index contributed by atoms with van der Waals surface area (Å²) in [6.45, 7) is 4.85. The molecule has 172 valence electrons. The van der Waals surface area contributed by atoms with Gasteiger partial charge in [0.25, 0.3) is 0 Å². The smallest absolute Gasteiger partial charge is 0.315 e. The third-order valence-corrected chi connectivity index (χ3v) is 6.85. The van der Waals surface area contributed by atoms with Gasteiger partial charge in [0.1, 0.15) is 12.5 Å². The lowest BCUT2D eigenvalue weighted by molar-refractivity contribution is -0.148. The third kappa shape index (κ3) is 5.17. The third-order valence-electron chi connectivity index (χ3n) is 6.32. The van der Waals surface area contributed by atoms with Gasteiger partial charge < -0.3 is 9.47 Å². The number of halogens is 1. The first-order valence-corrected chi connectivity index (χ1v) is 12.1. The van der Waals surface area contributed by atoms with Crippen LogP contribution in [-0.2, 0) is 19.1 Å². The summed E-state index contributed by atoms with van der Waals surface area (Å²) < 4.78 is 11.8. The van der Waals surface area contributed by atoms with Crippen LogP contribution in [0.3, 0.4) is 0 Å². The first-order valence-electron chi connectivity index (χ1n) is 11.4. The average molecular weight is 510 g/mol. The molecule has 0 radical (unpaired) electrons. The monoisotopic (exact) mass is 509 g/mol. The van der Waals surface area contributed by atoms with E-state index in [4.69, 9.17) is 14.5 Å². The SMILES string of the molecule is CCOCCOC(=O)C1C(C)=NC2=C(C(=O)C[C@@H](c3ccccc3)C2)[C@H]1c1ccc(Br)cc1. The highest BCUT2D eigenvalue weighted by molar-refractivity contribution is 9.10. The van der Waals surface area contributed by atoms with Crippen LogP contribution in [0.4, 0.5) is 0 Å². The molecule has 4 rings (SSSR count). The Hall–Kier alpha value is -2.57. The highest BCUT2D eigenvalue weighted by atomic mass is 79.9. The van der Waals surface area contributed by atoms with Crippen molar-refractivity contribution in [2.24, 2.45) is 10.9 Å². The normalized spacial score (nSPS) is 22.6. The first-order chi connectivity index (χ1) is 16.0. The lowest BCUT2D eigenvalue weighted by Crippen LogP contribution is -2.38. The van der Waals surface area contributed by atoms with Crippen LogP contribution in [-0.4, -0.2) is 37.3 Å². The fourth-order valence-electron chi connectivity index (χ4n) is 4.79. The maximum absolute atomic E-state index is 13.5. The zero-order valence-corrected chi connectivity index (χ0v) is 20.5. The number of Topliss-reactive ketones (excluding diaryl/α,β-unsaturated/α-hetero) is 1. The van der Waals surface area contributed by atoms with Crippen molar-refractivity contribution in [1.29, 1.82) is 0 Å². The highest BCUT2D eigenvalue weighted by Crippen LogP contribution is 2.46. The van der Waals surface area contributed by atoms with Gasteiger partial charge in [-0.05, 0) is 49.4 Å². The van der Waals surface area contributed by atoms with Crippen LogP contribution in [0.15, 0.2) is 75.3 Å². The lowest BCUT2D eigenvalue weighted by atomic mass is 9.69. The van der Waals surface area contributed by atoms with Gasteiger partial charge in [0.2, 0.25) is 0 Å². The molecule has 0 N–H and O–H groups in total. The molecule has 1 unspecified atom stereocenters. The van der Waals surface area contributed by atoms with Gasteiger partial charge in [-0.1, -0.05) is 58.4 Å². The predicted molar refractivity (Wildman–Crippen MR) is 131 cm³/mol. The van der Waals surface area contributed by atoms with E-state index in [1.54, 1.807) is 0 Å². The van der Waals surface area contributed by atoms with E-state index in [-0.39, 0.29) is 24.3 Å². The number of hydrogen-bond donors (Lipinski definition) is 0. The number of esters is 1. The zero-order chi connectivity index (χ0) is 23.4. The zero-order valence-electron chi connectivity index (χ0n) is 18.9. The number of allylic oxidation sites excluding steroid dienone is 2. The van der Waals surface area contributed by atoms with Gasteiger partial charge in [0.05, 0.1) is 6.61 Å². The van der Waals surface area contributed by atoms with Crippen LogP contribution in [0.2, 0.25) is 0 Å². The Morgan fingerprint density at radius 1 is 1.03 bits per heavy atom. The van der Waals surface area contributed by atoms with E-state index >= 15 is 0 Å². The van der Waals surface area contributed by atoms with E-state index in [9.17, 15) is 9.59 Å². The van der Waals surface area contributed by atoms with Crippen molar-refractivity contribution in [3.8, 4) is 0 Å². The number of ether oxygens (including phenoxy) is 2. The molecule has 0 amide bonds. The summed E-state index contributed by atoms with van der Waals surface area (Å²) in [5, 5.41) is 0. The van der Waals surface area contributed by atoms with E-state index in [0.29, 0.717) is 37.3 Å². The van der Waals surface area contributed by atoms with Crippen molar-refractivity contribution in [1.82, 2.24) is 0 Å². The fraction of sp³-hybridized carbons (Fsp3) is 0.370. The molecule has 0 spiro atoms. The molecule has 2 aliphatic rings. The molecule has 3 atom stereocenters. The largest absolute Gasteiger partial charge is 0.463 e. The molecule has 1 aliphatic heterocycles. The second-order valence-corrected chi connectivity index (χ2v) is 9.34. The van der Waals surface area contributed by atoms with Crippen LogP contribution in [0.25, 0.3) is 0 Å².